The van der Waals surface area contributed by atoms with Crippen LogP contribution in [0.1, 0.15) is 34.7 Å². The van der Waals surface area contributed by atoms with Crippen molar-refractivity contribution in [3.8, 4) is 0 Å². The van der Waals surface area contributed by atoms with E-state index < -0.39 is 0 Å². The molecule has 3 rings (SSSR count). The maximum Gasteiger partial charge on any atom is 0.0429 e. The quantitative estimate of drug-likeness (QED) is 0.915. The summed E-state index contributed by atoms with van der Waals surface area (Å²) < 4.78 is 0. The Balaban J connectivity index is 1.88. The smallest absolute Gasteiger partial charge is 0.0429 e. The summed E-state index contributed by atoms with van der Waals surface area (Å²) in [5, 5.41) is 3.43. The number of hydrogen-bond donors (Lipinski definition) is 1. The lowest BCUT2D eigenvalue weighted by Gasteiger charge is -2.35. The average Bonchev–Trinajstić information content (AvgIpc) is 2.51. The molecule has 0 saturated heterocycles. The second kappa shape index (κ2) is 5.90. The molecule has 110 valence electrons. The highest BCUT2D eigenvalue weighted by Gasteiger charge is 2.23. The van der Waals surface area contributed by atoms with E-state index in [0.29, 0.717) is 6.04 Å². The van der Waals surface area contributed by atoms with E-state index in [1.165, 1.54) is 34.4 Å². The van der Waals surface area contributed by atoms with Crippen LogP contribution in [-0.2, 0) is 6.54 Å². The van der Waals surface area contributed by atoms with Gasteiger partial charge in [0.25, 0.3) is 0 Å². The van der Waals surface area contributed by atoms with Gasteiger partial charge in [-0.3, -0.25) is 0 Å². The van der Waals surface area contributed by atoms with Gasteiger partial charge in [-0.05, 0) is 55.6 Å². The fourth-order valence-electron chi connectivity index (χ4n) is 3.22. The zero-order chi connectivity index (χ0) is 14.8. The minimum Gasteiger partial charge on any atom is -0.367 e. The third-order valence-electron chi connectivity index (χ3n) is 4.63. The maximum absolute atomic E-state index is 3.43. The molecule has 0 amide bonds. The number of hydrogen-bond acceptors (Lipinski definition) is 2. The monoisotopic (exact) mass is 280 g/mol. The third kappa shape index (κ3) is 2.81. The van der Waals surface area contributed by atoms with Crippen LogP contribution < -0.4 is 10.2 Å². The topological polar surface area (TPSA) is 15.3 Å². The zero-order valence-electron chi connectivity index (χ0n) is 13.2. The van der Waals surface area contributed by atoms with E-state index in [2.05, 4.69) is 73.6 Å². The molecular formula is C19H24N2. The normalized spacial score (nSPS) is 17.7. The maximum atomic E-state index is 3.43. The third-order valence-corrected chi connectivity index (χ3v) is 4.63. The predicted molar refractivity (Wildman–Crippen MR) is 89.8 cm³/mol. The van der Waals surface area contributed by atoms with Gasteiger partial charge in [-0.2, -0.15) is 0 Å². The number of para-hydroxylation sites is 1. The number of nitrogens with one attached hydrogen (secondary N) is 1. The van der Waals surface area contributed by atoms with E-state index in [-0.39, 0.29) is 0 Å². The first kappa shape index (κ1) is 14.2. The fraction of sp³-hybridized carbons (Fsp3) is 0.368. The molecule has 1 aliphatic heterocycles. The summed E-state index contributed by atoms with van der Waals surface area (Å²) in [6.07, 6.45) is 1.17. The SMILES string of the molecule is CNC1CCN(Cc2ccc(C)c(C)c2)c2ccccc21. The predicted octanol–water partition coefficient (Wildman–Crippen LogP) is 3.97. The number of benzene rings is 2. The molecule has 2 aromatic carbocycles. The Morgan fingerprint density at radius 2 is 1.90 bits per heavy atom. The first-order chi connectivity index (χ1) is 10.2. The first-order valence-corrected chi connectivity index (χ1v) is 7.76. The van der Waals surface area contributed by atoms with Crippen LogP contribution in [0.5, 0.6) is 0 Å². The Morgan fingerprint density at radius 3 is 2.67 bits per heavy atom. The van der Waals surface area contributed by atoms with Crippen LogP contribution in [0.25, 0.3) is 0 Å². The first-order valence-electron chi connectivity index (χ1n) is 7.76. The lowest BCUT2D eigenvalue weighted by Crippen LogP contribution is -2.34. The lowest BCUT2D eigenvalue weighted by atomic mass is 9.96. The molecule has 2 nitrogen and oxygen atoms in total. The average molecular weight is 280 g/mol. The molecule has 21 heavy (non-hydrogen) atoms. The van der Waals surface area contributed by atoms with Gasteiger partial charge in [0.05, 0.1) is 0 Å². The lowest BCUT2D eigenvalue weighted by molar-refractivity contribution is 0.516. The van der Waals surface area contributed by atoms with Crippen LogP contribution in [0.3, 0.4) is 0 Å². The minimum absolute atomic E-state index is 0.484. The Kier molecular flexibility index (Phi) is 3.98. The highest BCUT2D eigenvalue weighted by molar-refractivity contribution is 5.57. The van der Waals surface area contributed by atoms with E-state index in [1.807, 2.05) is 0 Å². The van der Waals surface area contributed by atoms with Crippen molar-refractivity contribution in [3.05, 3.63) is 64.7 Å². The van der Waals surface area contributed by atoms with Crippen LogP contribution in [0, 0.1) is 13.8 Å². The number of nitrogens with zero attached hydrogens (tertiary/aromatic N) is 1. The summed E-state index contributed by atoms with van der Waals surface area (Å²) in [5.74, 6) is 0. The van der Waals surface area contributed by atoms with Crippen molar-refractivity contribution in [2.24, 2.45) is 0 Å². The van der Waals surface area contributed by atoms with E-state index in [4.69, 9.17) is 0 Å². The molecule has 1 N–H and O–H groups in total. The second-order valence-electron chi connectivity index (χ2n) is 6.03. The minimum atomic E-state index is 0.484. The van der Waals surface area contributed by atoms with Crippen molar-refractivity contribution in [1.29, 1.82) is 0 Å². The summed E-state index contributed by atoms with van der Waals surface area (Å²) in [6.45, 7) is 6.47. The number of fused-ring (bicyclic) bond motifs is 1. The molecule has 1 aliphatic rings. The standard InChI is InChI=1S/C19H24N2/c1-14-8-9-16(12-15(14)2)13-21-11-10-18(20-3)17-6-4-5-7-19(17)21/h4-9,12,18,20H,10-11,13H2,1-3H3. The van der Waals surface area contributed by atoms with Crippen molar-refractivity contribution in [1.82, 2.24) is 5.32 Å². The van der Waals surface area contributed by atoms with Crippen molar-refractivity contribution >= 4 is 5.69 Å². The Hall–Kier alpha value is -1.80. The van der Waals surface area contributed by atoms with Gasteiger partial charge in [0, 0.05) is 24.8 Å². The van der Waals surface area contributed by atoms with Crippen molar-refractivity contribution < 1.29 is 0 Å². The highest BCUT2D eigenvalue weighted by Crippen LogP contribution is 2.34. The van der Waals surface area contributed by atoms with Gasteiger partial charge >= 0.3 is 0 Å². The zero-order valence-corrected chi connectivity index (χ0v) is 13.2. The van der Waals surface area contributed by atoms with E-state index >= 15 is 0 Å². The molecule has 0 saturated carbocycles. The molecule has 1 unspecified atom stereocenters. The Bertz CT molecular complexity index is 633. The Labute approximate surface area is 127 Å². The number of rotatable bonds is 3. The summed E-state index contributed by atoms with van der Waals surface area (Å²) in [5.41, 5.74) is 6.95. The van der Waals surface area contributed by atoms with Gasteiger partial charge in [0.2, 0.25) is 0 Å². The summed E-state index contributed by atoms with van der Waals surface area (Å²) >= 11 is 0. The van der Waals surface area contributed by atoms with E-state index in [1.54, 1.807) is 0 Å². The summed E-state index contributed by atoms with van der Waals surface area (Å²) in [7, 11) is 2.06. The molecule has 0 aromatic heterocycles. The van der Waals surface area contributed by atoms with E-state index in [0.717, 1.165) is 13.1 Å². The van der Waals surface area contributed by atoms with Gasteiger partial charge in [-0.15, -0.1) is 0 Å². The van der Waals surface area contributed by atoms with Gasteiger partial charge in [-0.25, -0.2) is 0 Å². The summed E-state index contributed by atoms with van der Waals surface area (Å²) in [4.78, 5) is 2.51. The largest absolute Gasteiger partial charge is 0.367 e. The van der Waals surface area contributed by atoms with Crippen molar-refractivity contribution in [3.63, 3.8) is 0 Å². The molecule has 2 aromatic rings. The van der Waals surface area contributed by atoms with Crippen LogP contribution in [0.2, 0.25) is 0 Å². The van der Waals surface area contributed by atoms with Crippen LogP contribution in [-0.4, -0.2) is 13.6 Å². The molecule has 0 bridgehead atoms. The van der Waals surface area contributed by atoms with E-state index in [9.17, 15) is 0 Å². The summed E-state index contributed by atoms with van der Waals surface area (Å²) in [6, 6.07) is 16.1. The molecular weight excluding hydrogens is 256 g/mol. The van der Waals surface area contributed by atoms with Crippen LogP contribution >= 0.6 is 0 Å². The molecule has 0 fully saturated rings. The van der Waals surface area contributed by atoms with Crippen molar-refractivity contribution in [2.75, 3.05) is 18.5 Å². The Morgan fingerprint density at radius 1 is 1.10 bits per heavy atom. The molecule has 0 aliphatic carbocycles. The second-order valence-corrected chi connectivity index (χ2v) is 6.03. The number of anilines is 1. The van der Waals surface area contributed by atoms with Crippen LogP contribution in [0.15, 0.2) is 42.5 Å². The molecule has 1 heterocycles. The van der Waals surface area contributed by atoms with Gasteiger partial charge in [0.1, 0.15) is 0 Å². The molecule has 1 atom stereocenters. The van der Waals surface area contributed by atoms with Gasteiger partial charge in [-0.1, -0.05) is 36.4 Å². The number of aryl methyl sites for hydroxylation is 2. The van der Waals surface area contributed by atoms with Gasteiger partial charge < -0.3 is 10.2 Å². The highest BCUT2D eigenvalue weighted by atomic mass is 15.1. The van der Waals surface area contributed by atoms with Gasteiger partial charge in [0.15, 0.2) is 0 Å². The molecule has 0 radical (unpaired) electrons. The van der Waals surface area contributed by atoms with Crippen molar-refractivity contribution in [2.45, 2.75) is 32.9 Å². The molecule has 2 heteroatoms. The molecule has 0 spiro atoms. The fourth-order valence-corrected chi connectivity index (χ4v) is 3.22. The van der Waals surface area contributed by atoms with Crippen LogP contribution in [0.4, 0.5) is 5.69 Å².